The zero-order valence-corrected chi connectivity index (χ0v) is 14.6. The average molecular weight is 335 g/mol. The van der Waals surface area contributed by atoms with Crippen molar-refractivity contribution in [1.29, 1.82) is 0 Å². The van der Waals surface area contributed by atoms with Gasteiger partial charge >= 0.3 is 0 Å². The summed E-state index contributed by atoms with van der Waals surface area (Å²) in [6.45, 7) is 7.02. The molecule has 0 unspecified atom stereocenters. The molecule has 1 atom stereocenters. The normalized spacial score (nSPS) is 17.0. The average Bonchev–Trinajstić information content (AvgIpc) is 2.54. The lowest BCUT2D eigenvalue weighted by Crippen LogP contribution is -2.54. The van der Waals surface area contributed by atoms with Crippen molar-refractivity contribution in [2.45, 2.75) is 26.3 Å². The van der Waals surface area contributed by atoms with Gasteiger partial charge in [0, 0.05) is 31.7 Å². The highest BCUT2D eigenvalue weighted by molar-refractivity contribution is 5.97. The Hall–Kier alpha value is -1.95. The van der Waals surface area contributed by atoms with Gasteiger partial charge in [0.15, 0.2) is 0 Å². The molecule has 1 aromatic carbocycles. The number of benzene rings is 1. The molecular weight excluding hydrogens is 309 g/mol. The molecule has 24 heavy (non-hydrogen) atoms. The van der Waals surface area contributed by atoms with Gasteiger partial charge < -0.3 is 15.1 Å². The molecule has 0 radical (unpaired) electrons. The third-order valence-electron chi connectivity index (χ3n) is 4.21. The number of amides is 2. The molecule has 1 aromatic rings. The summed E-state index contributed by atoms with van der Waals surface area (Å²) in [6.07, 6.45) is 0.562. The van der Waals surface area contributed by atoms with E-state index < -0.39 is 17.8 Å². The number of halogens is 1. The van der Waals surface area contributed by atoms with Crippen molar-refractivity contribution in [3.8, 4) is 0 Å². The Bertz CT molecular complexity index is 583. The summed E-state index contributed by atoms with van der Waals surface area (Å²) in [4.78, 5) is 29.1. The first-order valence-electron chi connectivity index (χ1n) is 8.40. The van der Waals surface area contributed by atoms with Crippen molar-refractivity contribution in [1.82, 2.24) is 15.1 Å². The molecule has 0 bridgehead atoms. The second-order valence-electron chi connectivity index (χ2n) is 6.79. The molecule has 5 nitrogen and oxygen atoms in total. The second kappa shape index (κ2) is 8.24. The van der Waals surface area contributed by atoms with Gasteiger partial charge in [-0.25, -0.2) is 4.39 Å². The first-order chi connectivity index (χ1) is 11.4. The van der Waals surface area contributed by atoms with Gasteiger partial charge in [-0.2, -0.15) is 0 Å². The Morgan fingerprint density at radius 3 is 2.46 bits per heavy atom. The van der Waals surface area contributed by atoms with Gasteiger partial charge in [0.25, 0.3) is 5.91 Å². The number of carbonyl (C=O) groups excluding carboxylic acids is 2. The van der Waals surface area contributed by atoms with Crippen molar-refractivity contribution in [2.24, 2.45) is 5.92 Å². The number of likely N-dealkylation sites (N-methyl/N-ethyl adjacent to an activating group) is 1. The molecule has 1 fully saturated rings. The van der Waals surface area contributed by atoms with Gasteiger partial charge in [-0.3, -0.25) is 9.59 Å². The SMILES string of the molecule is CC(C)C[C@H](NC(=O)c1cccc(F)c1)C(=O)N1CCN(C)CC1. The highest BCUT2D eigenvalue weighted by atomic mass is 19.1. The second-order valence-corrected chi connectivity index (χ2v) is 6.79. The molecule has 1 aliphatic heterocycles. The molecule has 0 saturated carbocycles. The molecule has 2 amide bonds. The minimum atomic E-state index is -0.579. The van der Waals surface area contributed by atoms with Gasteiger partial charge in [-0.1, -0.05) is 19.9 Å². The van der Waals surface area contributed by atoms with Crippen molar-refractivity contribution in [3.05, 3.63) is 35.6 Å². The summed E-state index contributed by atoms with van der Waals surface area (Å²) < 4.78 is 13.3. The molecule has 1 heterocycles. The highest BCUT2D eigenvalue weighted by Crippen LogP contribution is 2.12. The van der Waals surface area contributed by atoms with E-state index in [1.807, 2.05) is 20.9 Å². The number of nitrogens with zero attached hydrogens (tertiary/aromatic N) is 2. The first kappa shape index (κ1) is 18.4. The third-order valence-corrected chi connectivity index (χ3v) is 4.21. The molecule has 0 spiro atoms. The number of carbonyl (C=O) groups is 2. The molecule has 2 rings (SSSR count). The summed E-state index contributed by atoms with van der Waals surface area (Å²) in [6, 6.07) is 4.93. The zero-order valence-electron chi connectivity index (χ0n) is 14.6. The number of rotatable bonds is 5. The highest BCUT2D eigenvalue weighted by Gasteiger charge is 2.28. The Morgan fingerprint density at radius 1 is 1.21 bits per heavy atom. The van der Waals surface area contributed by atoms with Crippen LogP contribution in [0.15, 0.2) is 24.3 Å². The predicted molar refractivity (Wildman–Crippen MR) is 91.2 cm³/mol. The smallest absolute Gasteiger partial charge is 0.252 e. The van der Waals surface area contributed by atoms with Gasteiger partial charge in [0.05, 0.1) is 0 Å². The minimum absolute atomic E-state index is 0.0541. The number of hydrogen-bond donors (Lipinski definition) is 1. The van der Waals surface area contributed by atoms with E-state index in [2.05, 4.69) is 10.2 Å². The molecule has 0 aromatic heterocycles. The monoisotopic (exact) mass is 335 g/mol. The number of nitrogens with one attached hydrogen (secondary N) is 1. The van der Waals surface area contributed by atoms with Gasteiger partial charge in [-0.15, -0.1) is 0 Å². The Balaban J connectivity index is 2.07. The van der Waals surface area contributed by atoms with Crippen LogP contribution in [0.2, 0.25) is 0 Å². The lowest BCUT2D eigenvalue weighted by atomic mass is 10.0. The fourth-order valence-corrected chi connectivity index (χ4v) is 2.81. The van der Waals surface area contributed by atoms with Crippen molar-refractivity contribution >= 4 is 11.8 Å². The summed E-state index contributed by atoms with van der Waals surface area (Å²) in [7, 11) is 2.03. The molecule has 132 valence electrons. The third kappa shape index (κ3) is 5.03. The fraction of sp³-hybridized carbons (Fsp3) is 0.556. The van der Waals surface area contributed by atoms with Crippen LogP contribution in [0.1, 0.15) is 30.6 Å². The van der Waals surface area contributed by atoms with Crippen LogP contribution < -0.4 is 5.32 Å². The van der Waals surface area contributed by atoms with Crippen LogP contribution in [-0.2, 0) is 4.79 Å². The maximum absolute atomic E-state index is 13.3. The Morgan fingerprint density at radius 2 is 1.88 bits per heavy atom. The Labute approximate surface area is 142 Å². The van der Waals surface area contributed by atoms with Gasteiger partial charge in [0.2, 0.25) is 5.91 Å². The summed E-state index contributed by atoms with van der Waals surface area (Å²) in [5, 5.41) is 2.79. The van der Waals surface area contributed by atoms with Gasteiger partial charge in [0.1, 0.15) is 11.9 Å². The van der Waals surface area contributed by atoms with E-state index in [0.29, 0.717) is 19.5 Å². The lowest BCUT2D eigenvalue weighted by Gasteiger charge is -2.35. The largest absolute Gasteiger partial charge is 0.340 e. The number of piperazine rings is 1. The summed E-state index contributed by atoms with van der Waals surface area (Å²) in [5.74, 6) is -0.670. The van der Waals surface area contributed by atoms with Crippen LogP contribution in [0, 0.1) is 11.7 Å². The topological polar surface area (TPSA) is 52.7 Å². The predicted octanol–water partition coefficient (Wildman–Crippen LogP) is 1.74. The van der Waals surface area contributed by atoms with E-state index >= 15 is 0 Å². The zero-order chi connectivity index (χ0) is 17.7. The molecule has 1 N–H and O–H groups in total. The van der Waals surface area contributed by atoms with E-state index in [4.69, 9.17) is 0 Å². The quantitative estimate of drug-likeness (QED) is 0.892. The van der Waals surface area contributed by atoms with Gasteiger partial charge in [-0.05, 0) is 37.6 Å². The van der Waals surface area contributed by atoms with E-state index in [1.165, 1.54) is 18.2 Å². The molecule has 6 heteroatoms. The van der Waals surface area contributed by atoms with E-state index in [1.54, 1.807) is 11.0 Å². The van der Waals surface area contributed by atoms with E-state index in [-0.39, 0.29) is 17.4 Å². The summed E-state index contributed by atoms with van der Waals surface area (Å²) >= 11 is 0. The minimum Gasteiger partial charge on any atom is -0.340 e. The van der Waals surface area contributed by atoms with Crippen LogP contribution in [0.5, 0.6) is 0 Å². The van der Waals surface area contributed by atoms with Crippen LogP contribution in [0.25, 0.3) is 0 Å². The first-order valence-corrected chi connectivity index (χ1v) is 8.40. The molecule has 1 aliphatic rings. The van der Waals surface area contributed by atoms with E-state index in [9.17, 15) is 14.0 Å². The number of hydrogen-bond acceptors (Lipinski definition) is 3. The Kier molecular flexibility index (Phi) is 6.31. The van der Waals surface area contributed by atoms with Crippen molar-refractivity contribution in [2.75, 3.05) is 33.2 Å². The van der Waals surface area contributed by atoms with Crippen LogP contribution >= 0.6 is 0 Å². The summed E-state index contributed by atoms with van der Waals surface area (Å²) in [5.41, 5.74) is 0.231. The standard InChI is InChI=1S/C18H26FN3O2/c1-13(2)11-16(18(24)22-9-7-21(3)8-10-22)20-17(23)14-5-4-6-15(19)12-14/h4-6,12-13,16H,7-11H2,1-3H3,(H,20,23)/t16-/m0/s1. The van der Waals surface area contributed by atoms with Crippen LogP contribution in [0.4, 0.5) is 4.39 Å². The maximum Gasteiger partial charge on any atom is 0.252 e. The van der Waals surface area contributed by atoms with Crippen LogP contribution in [-0.4, -0.2) is 60.9 Å². The maximum atomic E-state index is 13.3. The fourth-order valence-electron chi connectivity index (χ4n) is 2.81. The lowest BCUT2D eigenvalue weighted by molar-refractivity contribution is -0.135. The molecule has 1 saturated heterocycles. The van der Waals surface area contributed by atoms with E-state index in [0.717, 1.165) is 13.1 Å². The molecule has 0 aliphatic carbocycles. The molecular formula is C18H26FN3O2. The van der Waals surface area contributed by atoms with Crippen LogP contribution in [0.3, 0.4) is 0 Å². The van der Waals surface area contributed by atoms with Crippen molar-refractivity contribution in [3.63, 3.8) is 0 Å². The van der Waals surface area contributed by atoms with Crippen molar-refractivity contribution < 1.29 is 14.0 Å².